The Morgan fingerprint density at radius 3 is 2.74 bits per heavy atom. The molecule has 2 rings (SSSR count). The number of nitrogens with one attached hydrogen (secondary N) is 2. The Morgan fingerprint density at radius 2 is 2.05 bits per heavy atom. The molecule has 19 heavy (non-hydrogen) atoms. The first-order chi connectivity index (χ1) is 9.10. The van der Waals surface area contributed by atoms with E-state index >= 15 is 0 Å². The first-order valence-electron chi connectivity index (χ1n) is 6.58. The minimum Gasteiger partial charge on any atom is -0.367 e. The number of nitrogen functional groups attached to an aromatic ring is 1. The summed E-state index contributed by atoms with van der Waals surface area (Å²) in [5, 5.41) is 6.53. The quantitative estimate of drug-likeness (QED) is 0.559. The van der Waals surface area contributed by atoms with Crippen LogP contribution in [0.4, 0.5) is 11.8 Å². The average Bonchev–Trinajstić information content (AvgIpc) is 2.84. The van der Waals surface area contributed by atoms with Crippen molar-refractivity contribution in [2.45, 2.75) is 39.7 Å². The molecule has 4 N–H and O–H groups in total. The maximum atomic E-state index is 5.41. The second-order valence-electron chi connectivity index (χ2n) is 5.20. The number of aromatic nitrogens is 2. The van der Waals surface area contributed by atoms with Crippen LogP contribution in [0.1, 0.15) is 33.6 Å². The Balaban J connectivity index is 2.16. The van der Waals surface area contributed by atoms with Crippen LogP contribution in [0.15, 0.2) is 11.4 Å². The molecule has 6 heteroatoms. The number of rotatable bonds is 6. The first kappa shape index (κ1) is 14.0. The van der Waals surface area contributed by atoms with Gasteiger partial charge in [0.15, 0.2) is 0 Å². The van der Waals surface area contributed by atoms with E-state index in [0.717, 1.165) is 28.4 Å². The van der Waals surface area contributed by atoms with Gasteiger partial charge in [-0.05, 0) is 37.1 Å². The number of fused-ring (bicyclic) bond motifs is 1. The third-order valence-corrected chi connectivity index (χ3v) is 3.82. The fraction of sp³-hybridized carbons (Fsp3) is 0.538. The van der Waals surface area contributed by atoms with Crippen LogP contribution in [0.5, 0.6) is 0 Å². The van der Waals surface area contributed by atoms with E-state index in [4.69, 9.17) is 5.84 Å². The van der Waals surface area contributed by atoms with Crippen LogP contribution in [-0.2, 0) is 0 Å². The first-order valence-corrected chi connectivity index (χ1v) is 7.46. The minimum atomic E-state index is 0.381. The van der Waals surface area contributed by atoms with E-state index < -0.39 is 0 Å². The molecule has 0 aliphatic heterocycles. The monoisotopic (exact) mass is 279 g/mol. The molecule has 104 valence electrons. The standard InChI is InChI=1S/C13H21N5S/c1-8(2)4-5-9(3)15-11-10-6-7-19-12(10)17-13(16-11)18-14/h6-9H,4-5,14H2,1-3H3,(H2,15,16,17,18). The number of hydrogen-bond donors (Lipinski definition) is 3. The van der Waals surface area contributed by atoms with E-state index in [1.54, 1.807) is 11.3 Å². The van der Waals surface area contributed by atoms with Gasteiger partial charge in [0, 0.05) is 6.04 Å². The Labute approximate surface area is 117 Å². The molecule has 0 aliphatic rings. The highest BCUT2D eigenvalue weighted by Gasteiger charge is 2.11. The third-order valence-electron chi connectivity index (χ3n) is 3.01. The van der Waals surface area contributed by atoms with E-state index in [1.807, 2.05) is 11.4 Å². The smallest absolute Gasteiger partial charge is 0.240 e. The molecule has 0 saturated heterocycles. The predicted molar refractivity (Wildman–Crippen MR) is 82.4 cm³/mol. The van der Waals surface area contributed by atoms with Crippen molar-refractivity contribution >= 4 is 33.3 Å². The summed E-state index contributed by atoms with van der Waals surface area (Å²) in [6.45, 7) is 6.66. The molecular weight excluding hydrogens is 258 g/mol. The molecule has 0 amide bonds. The van der Waals surface area contributed by atoms with E-state index in [1.165, 1.54) is 6.42 Å². The van der Waals surface area contributed by atoms with Crippen LogP contribution in [0, 0.1) is 5.92 Å². The van der Waals surface area contributed by atoms with Gasteiger partial charge in [-0.1, -0.05) is 13.8 Å². The zero-order valence-electron chi connectivity index (χ0n) is 11.6. The lowest BCUT2D eigenvalue weighted by atomic mass is 10.0. The number of anilines is 2. The summed E-state index contributed by atoms with van der Waals surface area (Å²) in [6.07, 6.45) is 2.33. The van der Waals surface area contributed by atoms with Crippen LogP contribution in [0.3, 0.4) is 0 Å². The fourth-order valence-corrected chi connectivity index (χ4v) is 2.68. The van der Waals surface area contributed by atoms with Crippen molar-refractivity contribution < 1.29 is 0 Å². The van der Waals surface area contributed by atoms with Gasteiger partial charge < -0.3 is 5.32 Å². The zero-order chi connectivity index (χ0) is 13.8. The minimum absolute atomic E-state index is 0.381. The normalized spacial score (nSPS) is 12.9. The van der Waals surface area contributed by atoms with Crippen LogP contribution in [0.25, 0.3) is 10.2 Å². The highest BCUT2D eigenvalue weighted by molar-refractivity contribution is 7.16. The molecule has 0 aromatic carbocycles. The lowest BCUT2D eigenvalue weighted by molar-refractivity contribution is 0.527. The van der Waals surface area contributed by atoms with Crippen molar-refractivity contribution in [1.29, 1.82) is 0 Å². The molecule has 0 spiro atoms. The Hall–Kier alpha value is -1.40. The highest BCUT2D eigenvalue weighted by atomic mass is 32.1. The molecule has 1 unspecified atom stereocenters. The van der Waals surface area contributed by atoms with Crippen molar-refractivity contribution in [2.24, 2.45) is 11.8 Å². The molecule has 2 aromatic rings. The molecule has 0 aliphatic carbocycles. The summed E-state index contributed by atoms with van der Waals surface area (Å²) in [6, 6.07) is 2.42. The molecule has 0 fully saturated rings. The van der Waals surface area contributed by atoms with E-state index in [9.17, 15) is 0 Å². The summed E-state index contributed by atoms with van der Waals surface area (Å²) >= 11 is 1.59. The second-order valence-corrected chi connectivity index (χ2v) is 6.09. The summed E-state index contributed by atoms with van der Waals surface area (Å²) in [5.41, 5.74) is 2.52. The number of nitrogens with zero attached hydrogens (tertiary/aromatic N) is 2. The largest absolute Gasteiger partial charge is 0.367 e. The van der Waals surface area contributed by atoms with Crippen LogP contribution in [-0.4, -0.2) is 16.0 Å². The maximum Gasteiger partial charge on any atom is 0.240 e. The van der Waals surface area contributed by atoms with Gasteiger partial charge in [0.1, 0.15) is 10.6 Å². The number of nitrogens with two attached hydrogens (primary N) is 1. The molecule has 5 nitrogen and oxygen atoms in total. The van der Waals surface area contributed by atoms with Gasteiger partial charge in [0.2, 0.25) is 5.95 Å². The molecule has 1 atom stereocenters. The summed E-state index contributed by atoms with van der Waals surface area (Å²) in [7, 11) is 0. The number of thiophene rings is 1. The second kappa shape index (κ2) is 6.16. The van der Waals surface area contributed by atoms with Gasteiger partial charge in [-0.25, -0.2) is 10.8 Å². The third kappa shape index (κ3) is 3.54. The molecule has 0 bridgehead atoms. The van der Waals surface area contributed by atoms with E-state index in [-0.39, 0.29) is 0 Å². The topological polar surface area (TPSA) is 75.9 Å². The molecule has 2 heterocycles. The van der Waals surface area contributed by atoms with Crippen LogP contribution < -0.4 is 16.6 Å². The summed E-state index contributed by atoms with van der Waals surface area (Å²) in [5.74, 6) is 7.44. The van der Waals surface area contributed by atoms with Crippen molar-refractivity contribution in [2.75, 3.05) is 10.7 Å². The fourth-order valence-electron chi connectivity index (χ4n) is 1.92. The molecule has 0 radical (unpaired) electrons. The molecule has 0 saturated carbocycles. The maximum absolute atomic E-state index is 5.41. The van der Waals surface area contributed by atoms with Crippen molar-refractivity contribution in [3.8, 4) is 0 Å². The van der Waals surface area contributed by atoms with Crippen LogP contribution in [0.2, 0.25) is 0 Å². The number of hydrazine groups is 1. The van der Waals surface area contributed by atoms with Crippen LogP contribution >= 0.6 is 11.3 Å². The Morgan fingerprint density at radius 1 is 1.26 bits per heavy atom. The summed E-state index contributed by atoms with van der Waals surface area (Å²) in [4.78, 5) is 9.68. The zero-order valence-corrected chi connectivity index (χ0v) is 12.4. The lowest BCUT2D eigenvalue weighted by Crippen LogP contribution is -2.18. The van der Waals surface area contributed by atoms with Gasteiger partial charge in [-0.3, -0.25) is 5.43 Å². The molecule has 2 aromatic heterocycles. The Kier molecular flexibility index (Phi) is 4.55. The predicted octanol–water partition coefficient (Wildman–Crippen LogP) is 3.21. The van der Waals surface area contributed by atoms with Gasteiger partial charge >= 0.3 is 0 Å². The van der Waals surface area contributed by atoms with Crippen molar-refractivity contribution in [1.82, 2.24) is 9.97 Å². The van der Waals surface area contributed by atoms with Crippen molar-refractivity contribution in [3.05, 3.63) is 11.4 Å². The van der Waals surface area contributed by atoms with Gasteiger partial charge in [-0.15, -0.1) is 11.3 Å². The van der Waals surface area contributed by atoms with E-state index in [2.05, 4.69) is 41.5 Å². The Bertz CT molecular complexity index is 537. The SMILES string of the molecule is CC(C)CCC(C)Nc1nc(NN)nc2sccc12. The van der Waals surface area contributed by atoms with Gasteiger partial charge in [0.05, 0.1) is 5.39 Å². The number of hydrogen-bond acceptors (Lipinski definition) is 6. The molecular formula is C13H21N5S. The summed E-state index contributed by atoms with van der Waals surface area (Å²) < 4.78 is 0. The van der Waals surface area contributed by atoms with Gasteiger partial charge in [0.25, 0.3) is 0 Å². The highest BCUT2D eigenvalue weighted by Crippen LogP contribution is 2.27. The average molecular weight is 279 g/mol. The van der Waals surface area contributed by atoms with Gasteiger partial charge in [-0.2, -0.15) is 4.98 Å². The van der Waals surface area contributed by atoms with Crippen molar-refractivity contribution in [3.63, 3.8) is 0 Å². The van der Waals surface area contributed by atoms with E-state index in [0.29, 0.717) is 12.0 Å². The lowest BCUT2D eigenvalue weighted by Gasteiger charge is -2.16.